The summed E-state index contributed by atoms with van der Waals surface area (Å²) < 4.78 is 0. The van der Waals surface area contributed by atoms with Gasteiger partial charge in [0.05, 0.1) is 6.04 Å². The van der Waals surface area contributed by atoms with Gasteiger partial charge in [0, 0.05) is 49.6 Å². The third kappa shape index (κ3) is 6.25. The molecule has 2 saturated heterocycles. The van der Waals surface area contributed by atoms with E-state index in [1.54, 1.807) is 19.1 Å². The molecule has 35 heavy (non-hydrogen) atoms. The minimum absolute atomic E-state index is 0.0714. The number of hydrogen-bond donors (Lipinski definition) is 3. The Balaban J connectivity index is 1.46. The summed E-state index contributed by atoms with van der Waals surface area (Å²) in [6.45, 7) is 4.94. The number of Topliss-reactive ketones (excluding diaryl/α,β-unsaturated/α-hetero) is 1. The van der Waals surface area contributed by atoms with E-state index in [-0.39, 0.29) is 29.1 Å². The summed E-state index contributed by atoms with van der Waals surface area (Å²) in [5.41, 5.74) is 0.643. The zero-order valence-electron chi connectivity index (χ0n) is 20.8. The molecule has 0 bridgehead atoms. The van der Waals surface area contributed by atoms with Gasteiger partial charge in [-0.25, -0.2) is 0 Å². The fourth-order valence-corrected chi connectivity index (χ4v) is 6.34. The number of nitrogens with one attached hydrogen (secondary N) is 3. The Morgan fingerprint density at radius 3 is 2.37 bits per heavy atom. The lowest BCUT2D eigenvalue weighted by Crippen LogP contribution is -2.60. The quantitative estimate of drug-likeness (QED) is 0.533. The number of carbonyl (C=O) groups is 3. The van der Waals surface area contributed by atoms with Crippen LogP contribution in [0.5, 0.6) is 0 Å². The van der Waals surface area contributed by atoms with Crippen molar-refractivity contribution >= 4 is 29.2 Å². The zero-order chi connectivity index (χ0) is 24.8. The molecule has 1 aromatic carbocycles. The molecule has 7 nitrogen and oxygen atoms in total. The summed E-state index contributed by atoms with van der Waals surface area (Å²) in [5.74, 6) is 0.471. The van der Waals surface area contributed by atoms with E-state index >= 15 is 0 Å². The molecule has 0 aromatic heterocycles. The van der Waals surface area contributed by atoms with Crippen molar-refractivity contribution in [3.63, 3.8) is 0 Å². The number of ketones is 1. The number of halogens is 1. The van der Waals surface area contributed by atoms with E-state index in [0.29, 0.717) is 56.4 Å². The van der Waals surface area contributed by atoms with Crippen molar-refractivity contribution in [1.29, 1.82) is 0 Å². The van der Waals surface area contributed by atoms with Crippen molar-refractivity contribution in [3.8, 4) is 0 Å². The van der Waals surface area contributed by atoms with Crippen LogP contribution in [0.4, 0.5) is 0 Å². The summed E-state index contributed by atoms with van der Waals surface area (Å²) in [5, 5.41) is 10.1. The topological polar surface area (TPSA) is 90.5 Å². The van der Waals surface area contributed by atoms with Gasteiger partial charge in [-0.2, -0.15) is 0 Å². The standard InChI is InChI=1S/C27H39ClN4O3/c1-19(33)27(21-5-3-2-4-6-21)11-15-32(16-12-27)26(35)23(17-20-7-9-22(28)10-8-20)31-25(34)24-18-29-13-14-30-24/h7-10,21,23-24,29-30H,2-6,11-18H2,1H3,(H,31,34)/t23-,24+/m1/s1. The largest absolute Gasteiger partial charge is 0.343 e. The van der Waals surface area contributed by atoms with Gasteiger partial charge in [-0.15, -0.1) is 0 Å². The van der Waals surface area contributed by atoms with Crippen LogP contribution < -0.4 is 16.0 Å². The number of amides is 2. The molecule has 0 radical (unpaired) electrons. The average Bonchev–Trinajstić information content (AvgIpc) is 2.90. The van der Waals surface area contributed by atoms with Crippen LogP contribution in [0.3, 0.4) is 0 Å². The first kappa shape index (κ1) is 26.1. The zero-order valence-corrected chi connectivity index (χ0v) is 21.5. The predicted molar refractivity (Wildman–Crippen MR) is 137 cm³/mol. The highest BCUT2D eigenvalue weighted by molar-refractivity contribution is 6.30. The Bertz CT molecular complexity index is 886. The average molecular weight is 503 g/mol. The number of carbonyl (C=O) groups excluding carboxylic acids is 3. The Morgan fingerprint density at radius 1 is 1.09 bits per heavy atom. The lowest BCUT2D eigenvalue weighted by atomic mass is 9.62. The normalized spacial score (nSPS) is 23.9. The first-order valence-corrected chi connectivity index (χ1v) is 13.6. The number of likely N-dealkylation sites (tertiary alicyclic amines) is 1. The molecular formula is C27H39ClN4O3. The number of hydrogen-bond acceptors (Lipinski definition) is 5. The highest BCUT2D eigenvalue weighted by Gasteiger charge is 2.46. The van der Waals surface area contributed by atoms with Gasteiger partial charge in [-0.1, -0.05) is 43.0 Å². The van der Waals surface area contributed by atoms with Gasteiger partial charge < -0.3 is 20.9 Å². The van der Waals surface area contributed by atoms with Crippen LogP contribution in [0.15, 0.2) is 24.3 Å². The molecule has 1 saturated carbocycles. The van der Waals surface area contributed by atoms with E-state index < -0.39 is 6.04 Å². The molecule has 2 heterocycles. The third-order valence-electron chi connectivity index (χ3n) is 8.38. The second-order valence-corrected chi connectivity index (χ2v) is 10.9. The Hall–Kier alpha value is -1.96. The number of nitrogens with zero attached hydrogens (tertiary/aromatic N) is 1. The number of piperazine rings is 1. The van der Waals surface area contributed by atoms with Crippen LogP contribution >= 0.6 is 11.6 Å². The Labute approximate surface area is 213 Å². The van der Waals surface area contributed by atoms with E-state index in [2.05, 4.69) is 16.0 Å². The molecule has 3 aliphatic rings. The van der Waals surface area contributed by atoms with Gasteiger partial charge in [-0.3, -0.25) is 14.4 Å². The van der Waals surface area contributed by atoms with E-state index in [1.807, 2.05) is 17.0 Å². The van der Waals surface area contributed by atoms with Crippen LogP contribution in [0.25, 0.3) is 0 Å². The summed E-state index contributed by atoms with van der Waals surface area (Å²) in [6, 6.07) is 6.39. The van der Waals surface area contributed by atoms with Crippen molar-refractivity contribution in [3.05, 3.63) is 34.9 Å². The monoisotopic (exact) mass is 502 g/mol. The van der Waals surface area contributed by atoms with Crippen molar-refractivity contribution in [2.24, 2.45) is 11.3 Å². The fourth-order valence-electron chi connectivity index (χ4n) is 6.22. The van der Waals surface area contributed by atoms with E-state index in [9.17, 15) is 14.4 Å². The summed E-state index contributed by atoms with van der Waals surface area (Å²) in [7, 11) is 0. The molecular weight excluding hydrogens is 464 g/mol. The first-order chi connectivity index (χ1) is 16.9. The predicted octanol–water partition coefficient (Wildman–Crippen LogP) is 2.71. The van der Waals surface area contributed by atoms with Crippen molar-refractivity contribution < 1.29 is 14.4 Å². The van der Waals surface area contributed by atoms with Crippen LogP contribution in [0.1, 0.15) is 57.4 Å². The molecule has 2 amide bonds. The van der Waals surface area contributed by atoms with Gasteiger partial charge in [0.25, 0.3) is 0 Å². The minimum Gasteiger partial charge on any atom is -0.343 e. The summed E-state index contributed by atoms with van der Waals surface area (Å²) in [6.07, 6.45) is 7.72. The Morgan fingerprint density at radius 2 is 1.77 bits per heavy atom. The maximum atomic E-state index is 13.7. The molecule has 2 atom stereocenters. The number of piperidine rings is 1. The van der Waals surface area contributed by atoms with Crippen LogP contribution in [-0.2, 0) is 20.8 Å². The minimum atomic E-state index is -0.660. The van der Waals surface area contributed by atoms with Gasteiger partial charge >= 0.3 is 0 Å². The van der Waals surface area contributed by atoms with Gasteiger partial charge in [0.2, 0.25) is 11.8 Å². The molecule has 2 aliphatic heterocycles. The molecule has 1 aromatic rings. The Kier molecular flexibility index (Phi) is 8.84. The van der Waals surface area contributed by atoms with Crippen molar-refractivity contribution in [1.82, 2.24) is 20.9 Å². The lowest BCUT2D eigenvalue weighted by Gasteiger charge is -2.47. The van der Waals surface area contributed by atoms with Crippen LogP contribution in [-0.4, -0.2) is 67.3 Å². The molecule has 0 spiro atoms. The van der Waals surface area contributed by atoms with Gasteiger partial charge in [0.15, 0.2) is 0 Å². The molecule has 3 fully saturated rings. The third-order valence-corrected chi connectivity index (χ3v) is 8.63. The van der Waals surface area contributed by atoms with Crippen molar-refractivity contribution in [2.75, 3.05) is 32.7 Å². The lowest BCUT2D eigenvalue weighted by molar-refractivity contribution is -0.144. The molecule has 1 aliphatic carbocycles. The molecule has 4 rings (SSSR count). The molecule has 8 heteroatoms. The highest BCUT2D eigenvalue weighted by atomic mass is 35.5. The molecule has 3 N–H and O–H groups in total. The molecule has 0 unspecified atom stereocenters. The highest BCUT2D eigenvalue weighted by Crippen LogP contribution is 2.46. The second-order valence-electron chi connectivity index (χ2n) is 10.5. The molecule has 192 valence electrons. The van der Waals surface area contributed by atoms with E-state index in [1.165, 1.54) is 19.3 Å². The SMILES string of the molecule is CC(=O)C1(C2CCCCC2)CCN(C(=O)[C@@H](Cc2ccc(Cl)cc2)NC(=O)[C@@H]2CNCCN2)CC1. The van der Waals surface area contributed by atoms with Crippen molar-refractivity contribution in [2.45, 2.75) is 70.4 Å². The maximum Gasteiger partial charge on any atom is 0.245 e. The number of rotatable bonds is 7. The number of benzene rings is 1. The first-order valence-electron chi connectivity index (χ1n) is 13.2. The maximum absolute atomic E-state index is 13.7. The fraction of sp³-hybridized carbons (Fsp3) is 0.667. The van der Waals surface area contributed by atoms with Gasteiger partial charge in [-0.05, 0) is 56.2 Å². The van der Waals surface area contributed by atoms with E-state index in [0.717, 1.165) is 24.9 Å². The van der Waals surface area contributed by atoms with E-state index in [4.69, 9.17) is 11.6 Å². The van der Waals surface area contributed by atoms with Gasteiger partial charge in [0.1, 0.15) is 11.8 Å². The second kappa shape index (κ2) is 11.8. The summed E-state index contributed by atoms with van der Waals surface area (Å²) in [4.78, 5) is 41.4. The van der Waals surface area contributed by atoms with Crippen LogP contribution in [0, 0.1) is 11.3 Å². The summed E-state index contributed by atoms with van der Waals surface area (Å²) >= 11 is 6.05. The smallest absolute Gasteiger partial charge is 0.245 e. The van der Waals surface area contributed by atoms with Crippen LogP contribution in [0.2, 0.25) is 5.02 Å².